The van der Waals surface area contributed by atoms with Crippen LogP contribution < -0.4 is 14.8 Å². The molecule has 2 aromatic rings. The lowest BCUT2D eigenvalue weighted by atomic mass is 10.0. The molecular formula is C17H17N3O2. The van der Waals surface area contributed by atoms with Gasteiger partial charge >= 0.3 is 0 Å². The van der Waals surface area contributed by atoms with E-state index in [2.05, 4.69) is 16.4 Å². The highest BCUT2D eigenvalue weighted by molar-refractivity contribution is 5.50. The molecule has 3 rings (SSSR count). The number of hydrogen-bond acceptors (Lipinski definition) is 5. The molecule has 1 unspecified atom stereocenters. The number of fused-ring (bicyclic) bond motifs is 1. The molecule has 1 N–H and O–H groups in total. The number of hydrogen-bond donors (Lipinski definition) is 1. The topological polar surface area (TPSA) is 67.2 Å². The van der Waals surface area contributed by atoms with Crippen LogP contribution in [0.3, 0.4) is 0 Å². The molecule has 1 aliphatic heterocycles. The van der Waals surface area contributed by atoms with Crippen molar-refractivity contribution in [1.29, 1.82) is 5.26 Å². The smallest absolute Gasteiger partial charge is 0.164 e. The van der Waals surface area contributed by atoms with Crippen LogP contribution >= 0.6 is 0 Å². The standard InChI is InChI=1S/C17H17N3O2/c1-11-6-7-16(20-14(11)9-18)19-13-8-12-4-3-5-15(21-2)17(12)22-10-13/h3-7,13H,8,10H2,1-2H3,(H,19,20). The molecule has 0 bridgehead atoms. The quantitative estimate of drug-likeness (QED) is 0.943. The Balaban J connectivity index is 1.77. The molecule has 1 aromatic heterocycles. The van der Waals surface area contributed by atoms with Gasteiger partial charge in [0, 0.05) is 5.56 Å². The molecule has 2 heterocycles. The van der Waals surface area contributed by atoms with Crippen molar-refractivity contribution < 1.29 is 9.47 Å². The Morgan fingerprint density at radius 2 is 2.23 bits per heavy atom. The number of pyridine rings is 1. The summed E-state index contributed by atoms with van der Waals surface area (Å²) in [6.07, 6.45) is 0.823. The van der Waals surface area contributed by atoms with Crippen LogP contribution in [0.1, 0.15) is 16.8 Å². The normalized spacial score (nSPS) is 16.1. The maximum atomic E-state index is 9.06. The molecule has 0 fully saturated rings. The molecule has 5 nitrogen and oxygen atoms in total. The van der Waals surface area contributed by atoms with Crippen LogP contribution in [0.15, 0.2) is 30.3 Å². The number of nitriles is 1. The first-order valence-electron chi connectivity index (χ1n) is 7.14. The van der Waals surface area contributed by atoms with E-state index >= 15 is 0 Å². The summed E-state index contributed by atoms with van der Waals surface area (Å²) in [5.74, 6) is 2.27. The fourth-order valence-corrected chi connectivity index (χ4v) is 2.58. The number of rotatable bonds is 3. The van der Waals surface area contributed by atoms with Gasteiger partial charge in [-0.15, -0.1) is 0 Å². The Hall–Kier alpha value is -2.74. The summed E-state index contributed by atoms with van der Waals surface area (Å²) in [4.78, 5) is 4.32. The molecule has 1 aromatic carbocycles. The van der Waals surface area contributed by atoms with E-state index in [9.17, 15) is 0 Å². The van der Waals surface area contributed by atoms with Crippen molar-refractivity contribution >= 4 is 5.82 Å². The van der Waals surface area contributed by atoms with Crippen molar-refractivity contribution in [2.24, 2.45) is 0 Å². The summed E-state index contributed by atoms with van der Waals surface area (Å²) >= 11 is 0. The van der Waals surface area contributed by atoms with Crippen molar-refractivity contribution in [2.75, 3.05) is 19.0 Å². The van der Waals surface area contributed by atoms with Crippen LogP contribution in [-0.2, 0) is 6.42 Å². The number of para-hydroxylation sites is 1. The highest BCUT2D eigenvalue weighted by Crippen LogP contribution is 2.34. The molecule has 112 valence electrons. The molecule has 0 saturated carbocycles. The Kier molecular flexibility index (Phi) is 3.84. The molecular weight excluding hydrogens is 278 g/mol. The van der Waals surface area contributed by atoms with Gasteiger partial charge in [-0.05, 0) is 31.0 Å². The molecule has 0 amide bonds. The molecule has 0 saturated heterocycles. The Labute approximate surface area is 129 Å². The van der Waals surface area contributed by atoms with Gasteiger partial charge in [-0.2, -0.15) is 5.26 Å². The summed E-state index contributed by atoms with van der Waals surface area (Å²) in [6, 6.07) is 11.9. The minimum absolute atomic E-state index is 0.112. The SMILES string of the molecule is COc1cccc2c1OCC(Nc1ccc(C)c(C#N)n1)C2. The van der Waals surface area contributed by atoms with Crippen LogP contribution in [0.2, 0.25) is 0 Å². The minimum atomic E-state index is 0.112. The second-order valence-electron chi connectivity index (χ2n) is 5.28. The Morgan fingerprint density at radius 1 is 1.36 bits per heavy atom. The highest BCUT2D eigenvalue weighted by Gasteiger charge is 2.22. The number of ether oxygens (including phenoxy) is 2. The summed E-state index contributed by atoms with van der Waals surface area (Å²) in [7, 11) is 1.64. The predicted molar refractivity (Wildman–Crippen MR) is 83.3 cm³/mol. The number of nitrogens with zero attached hydrogens (tertiary/aromatic N) is 2. The average molecular weight is 295 g/mol. The van der Waals surface area contributed by atoms with E-state index in [0.717, 1.165) is 29.0 Å². The van der Waals surface area contributed by atoms with Crippen LogP contribution in [-0.4, -0.2) is 24.7 Å². The van der Waals surface area contributed by atoms with Gasteiger partial charge in [0.05, 0.1) is 13.2 Å². The largest absolute Gasteiger partial charge is 0.493 e. The zero-order valence-electron chi connectivity index (χ0n) is 12.6. The summed E-state index contributed by atoms with van der Waals surface area (Å²) in [5, 5.41) is 12.4. The van der Waals surface area contributed by atoms with Gasteiger partial charge in [0.15, 0.2) is 11.5 Å². The molecule has 1 atom stereocenters. The molecule has 22 heavy (non-hydrogen) atoms. The molecule has 0 spiro atoms. The average Bonchev–Trinajstić information content (AvgIpc) is 2.55. The van der Waals surface area contributed by atoms with Crippen molar-refractivity contribution in [3.63, 3.8) is 0 Å². The maximum Gasteiger partial charge on any atom is 0.164 e. The number of anilines is 1. The Bertz CT molecular complexity index is 737. The van der Waals surface area contributed by atoms with Crippen LogP contribution in [0.4, 0.5) is 5.82 Å². The predicted octanol–water partition coefficient (Wildman–Crippen LogP) is 2.69. The van der Waals surface area contributed by atoms with Gasteiger partial charge in [-0.25, -0.2) is 4.98 Å². The number of aromatic nitrogens is 1. The third kappa shape index (κ3) is 2.68. The maximum absolute atomic E-state index is 9.06. The van der Waals surface area contributed by atoms with Gasteiger partial charge in [-0.3, -0.25) is 0 Å². The van der Waals surface area contributed by atoms with Crippen molar-refractivity contribution in [1.82, 2.24) is 4.98 Å². The van der Waals surface area contributed by atoms with E-state index < -0.39 is 0 Å². The van der Waals surface area contributed by atoms with E-state index in [1.54, 1.807) is 7.11 Å². The van der Waals surface area contributed by atoms with Gasteiger partial charge in [0.1, 0.15) is 24.2 Å². The number of aryl methyl sites for hydroxylation is 1. The van der Waals surface area contributed by atoms with Crippen LogP contribution in [0.5, 0.6) is 11.5 Å². The van der Waals surface area contributed by atoms with E-state index in [1.165, 1.54) is 0 Å². The fourth-order valence-electron chi connectivity index (χ4n) is 2.58. The number of benzene rings is 1. The van der Waals surface area contributed by atoms with E-state index in [0.29, 0.717) is 18.1 Å². The summed E-state index contributed by atoms with van der Waals surface area (Å²) in [6.45, 7) is 2.41. The molecule has 1 aliphatic rings. The molecule has 0 aliphatic carbocycles. The highest BCUT2D eigenvalue weighted by atomic mass is 16.5. The van der Waals surface area contributed by atoms with Gasteiger partial charge in [0.25, 0.3) is 0 Å². The molecule has 0 radical (unpaired) electrons. The van der Waals surface area contributed by atoms with Crippen molar-refractivity contribution in [3.05, 3.63) is 47.2 Å². The fraction of sp³-hybridized carbons (Fsp3) is 0.294. The van der Waals surface area contributed by atoms with Gasteiger partial charge in [0.2, 0.25) is 0 Å². The third-order valence-corrected chi connectivity index (χ3v) is 3.73. The van der Waals surface area contributed by atoms with Crippen LogP contribution in [0.25, 0.3) is 0 Å². The van der Waals surface area contributed by atoms with Gasteiger partial charge < -0.3 is 14.8 Å². The number of nitrogens with one attached hydrogen (secondary N) is 1. The van der Waals surface area contributed by atoms with E-state index in [1.807, 2.05) is 37.3 Å². The summed E-state index contributed by atoms with van der Waals surface area (Å²) in [5.41, 5.74) is 2.43. The first kappa shape index (κ1) is 14.2. The van der Waals surface area contributed by atoms with Crippen molar-refractivity contribution in [3.8, 4) is 17.6 Å². The lowest BCUT2D eigenvalue weighted by Gasteiger charge is -2.27. The second kappa shape index (κ2) is 5.94. The zero-order valence-corrected chi connectivity index (χ0v) is 12.6. The van der Waals surface area contributed by atoms with E-state index in [-0.39, 0.29) is 6.04 Å². The minimum Gasteiger partial charge on any atom is -0.493 e. The monoisotopic (exact) mass is 295 g/mol. The first-order valence-corrected chi connectivity index (χ1v) is 7.14. The van der Waals surface area contributed by atoms with Crippen LogP contribution in [0, 0.1) is 18.3 Å². The van der Waals surface area contributed by atoms with Gasteiger partial charge in [-0.1, -0.05) is 18.2 Å². The lowest BCUT2D eigenvalue weighted by molar-refractivity contribution is 0.256. The van der Waals surface area contributed by atoms with E-state index in [4.69, 9.17) is 14.7 Å². The lowest BCUT2D eigenvalue weighted by Crippen LogP contribution is -2.33. The Morgan fingerprint density at radius 3 is 3.00 bits per heavy atom. The zero-order chi connectivity index (χ0) is 15.5. The third-order valence-electron chi connectivity index (χ3n) is 3.73. The second-order valence-corrected chi connectivity index (χ2v) is 5.28. The number of methoxy groups -OCH3 is 1. The van der Waals surface area contributed by atoms with Crippen molar-refractivity contribution in [2.45, 2.75) is 19.4 Å². The molecule has 5 heteroatoms. The first-order chi connectivity index (χ1) is 10.7. The summed E-state index contributed by atoms with van der Waals surface area (Å²) < 4.78 is 11.1.